The van der Waals surface area contributed by atoms with Gasteiger partial charge in [0.1, 0.15) is 0 Å². The standard InChI is InChI=1S/C12H25NO.C12H25N/c1-12(2,3)11-5-7-13(8-6-11)9-10-14-4;1-5-8-13-9-6-11(7-10-13)12(2,3)4/h11H,5-10H2,1-4H3;11H,5-10H2,1-4H3. The van der Waals surface area contributed by atoms with Crippen molar-refractivity contribution in [2.75, 3.05) is 53.0 Å². The molecule has 0 atom stereocenters. The monoisotopic (exact) mass is 382 g/mol. The predicted octanol–water partition coefficient (Wildman–Crippen LogP) is 5.55. The first kappa shape index (κ1) is 24.9. The Kier molecular flexibility index (Phi) is 10.9. The average Bonchev–Trinajstić information content (AvgIpc) is 2.60. The molecule has 2 rings (SSSR count). The van der Waals surface area contributed by atoms with Crippen LogP contribution in [-0.2, 0) is 4.74 Å². The molecule has 162 valence electrons. The van der Waals surface area contributed by atoms with Crippen molar-refractivity contribution in [1.82, 2.24) is 9.80 Å². The van der Waals surface area contributed by atoms with Crippen molar-refractivity contribution in [2.45, 2.75) is 80.6 Å². The van der Waals surface area contributed by atoms with Crippen molar-refractivity contribution in [2.24, 2.45) is 22.7 Å². The first-order valence-corrected chi connectivity index (χ1v) is 11.5. The summed E-state index contributed by atoms with van der Waals surface area (Å²) >= 11 is 0. The highest BCUT2D eigenvalue weighted by atomic mass is 16.5. The largest absolute Gasteiger partial charge is 0.383 e. The third-order valence-electron chi connectivity index (χ3n) is 6.78. The maximum absolute atomic E-state index is 5.10. The topological polar surface area (TPSA) is 15.7 Å². The van der Waals surface area contributed by atoms with Crippen LogP contribution in [0.4, 0.5) is 0 Å². The molecule has 0 aliphatic carbocycles. The molecule has 0 radical (unpaired) electrons. The molecule has 0 saturated carbocycles. The Morgan fingerprint density at radius 3 is 1.37 bits per heavy atom. The van der Waals surface area contributed by atoms with Gasteiger partial charge in [-0.3, -0.25) is 0 Å². The molecule has 27 heavy (non-hydrogen) atoms. The molecule has 0 aromatic heterocycles. The Bertz CT molecular complexity index is 367. The van der Waals surface area contributed by atoms with Crippen molar-refractivity contribution < 1.29 is 4.74 Å². The molecule has 2 fully saturated rings. The lowest BCUT2D eigenvalue weighted by atomic mass is 9.75. The maximum atomic E-state index is 5.10. The molecule has 0 N–H and O–H groups in total. The van der Waals surface area contributed by atoms with Gasteiger partial charge in [0.05, 0.1) is 6.61 Å². The van der Waals surface area contributed by atoms with Crippen LogP contribution in [0.2, 0.25) is 0 Å². The fourth-order valence-corrected chi connectivity index (χ4v) is 4.58. The molecule has 0 aromatic rings. The predicted molar refractivity (Wildman–Crippen MR) is 119 cm³/mol. The van der Waals surface area contributed by atoms with Gasteiger partial charge in [-0.15, -0.1) is 0 Å². The highest BCUT2D eigenvalue weighted by Crippen LogP contribution is 2.34. The van der Waals surface area contributed by atoms with Gasteiger partial charge in [0.2, 0.25) is 0 Å². The van der Waals surface area contributed by atoms with Crippen molar-refractivity contribution in [1.29, 1.82) is 0 Å². The van der Waals surface area contributed by atoms with E-state index in [9.17, 15) is 0 Å². The fourth-order valence-electron chi connectivity index (χ4n) is 4.58. The molecule has 0 bridgehead atoms. The van der Waals surface area contributed by atoms with Crippen LogP contribution in [-0.4, -0.2) is 62.8 Å². The zero-order valence-corrected chi connectivity index (χ0v) is 19.9. The summed E-state index contributed by atoms with van der Waals surface area (Å²) in [5.74, 6) is 1.85. The zero-order chi connectivity index (χ0) is 20.5. The Morgan fingerprint density at radius 1 is 0.704 bits per heavy atom. The first-order chi connectivity index (χ1) is 12.6. The molecule has 3 heteroatoms. The second-order valence-corrected chi connectivity index (χ2v) is 11.0. The smallest absolute Gasteiger partial charge is 0.0589 e. The Morgan fingerprint density at radius 2 is 1.07 bits per heavy atom. The van der Waals surface area contributed by atoms with Crippen LogP contribution in [0.1, 0.15) is 80.6 Å². The minimum absolute atomic E-state index is 0.493. The van der Waals surface area contributed by atoms with Crippen LogP contribution < -0.4 is 0 Å². The molecule has 3 nitrogen and oxygen atoms in total. The molecule has 0 amide bonds. The lowest BCUT2D eigenvalue weighted by Crippen LogP contribution is -2.39. The van der Waals surface area contributed by atoms with Gasteiger partial charge < -0.3 is 14.5 Å². The molecule has 0 aromatic carbocycles. The van der Waals surface area contributed by atoms with E-state index in [1.165, 1.54) is 64.8 Å². The molecular weight excluding hydrogens is 332 g/mol. The van der Waals surface area contributed by atoms with Gasteiger partial charge in [-0.25, -0.2) is 0 Å². The number of hydrogen-bond donors (Lipinski definition) is 0. The summed E-state index contributed by atoms with van der Waals surface area (Å²) in [6.45, 7) is 25.0. The normalized spacial score (nSPS) is 21.8. The molecule has 2 aliphatic heterocycles. The van der Waals surface area contributed by atoms with E-state index >= 15 is 0 Å². The van der Waals surface area contributed by atoms with Gasteiger partial charge in [0, 0.05) is 13.7 Å². The summed E-state index contributed by atoms with van der Waals surface area (Å²) in [6.07, 6.45) is 6.83. The van der Waals surface area contributed by atoms with E-state index in [2.05, 4.69) is 58.3 Å². The number of hydrogen-bond acceptors (Lipinski definition) is 3. The summed E-state index contributed by atoms with van der Waals surface area (Å²) in [6, 6.07) is 0. The fraction of sp³-hybridized carbons (Fsp3) is 1.00. The summed E-state index contributed by atoms with van der Waals surface area (Å²) in [7, 11) is 1.78. The molecule has 0 unspecified atom stereocenters. The van der Waals surface area contributed by atoms with Gasteiger partial charge in [-0.2, -0.15) is 0 Å². The van der Waals surface area contributed by atoms with Crippen LogP contribution >= 0.6 is 0 Å². The summed E-state index contributed by atoms with van der Waals surface area (Å²) < 4.78 is 5.10. The Labute approximate surface area is 171 Å². The molecule has 2 heterocycles. The van der Waals surface area contributed by atoms with Crippen molar-refractivity contribution in [3.63, 3.8) is 0 Å². The van der Waals surface area contributed by atoms with Gasteiger partial charge in [0.25, 0.3) is 0 Å². The number of nitrogens with zero attached hydrogens (tertiary/aromatic N) is 2. The minimum Gasteiger partial charge on any atom is -0.383 e. The number of rotatable bonds is 5. The second kappa shape index (κ2) is 11.8. The van der Waals surface area contributed by atoms with Crippen LogP contribution in [0.25, 0.3) is 0 Å². The lowest BCUT2D eigenvalue weighted by Gasteiger charge is -2.38. The Hall–Kier alpha value is -0.120. The minimum atomic E-state index is 0.493. The number of likely N-dealkylation sites (tertiary alicyclic amines) is 2. The molecule has 0 spiro atoms. The molecular formula is C24H50N2O. The van der Waals surface area contributed by atoms with E-state index < -0.39 is 0 Å². The average molecular weight is 383 g/mol. The first-order valence-electron chi connectivity index (χ1n) is 11.5. The quantitative estimate of drug-likeness (QED) is 0.620. The van der Waals surface area contributed by atoms with Crippen LogP contribution in [0.15, 0.2) is 0 Å². The van der Waals surface area contributed by atoms with Gasteiger partial charge in [0.15, 0.2) is 0 Å². The number of methoxy groups -OCH3 is 1. The van der Waals surface area contributed by atoms with Gasteiger partial charge >= 0.3 is 0 Å². The van der Waals surface area contributed by atoms with Crippen LogP contribution in [0.3, 0.4) is 0 Å². The highest BCUT2D eigenvalue weighted by molar-refractivity contribution is 4.81. The maximum Gasteiger partial charge on any atom is 0.0589 e. The van der Waals surface area contributed by atoms with E-state index in [0.29, 0.717) is 10.8 Å². The molecule has 2 aliphatic rings. The SMILES string of the molecule is CCCN1CCC(C(C)(C)C)CC1.COCCN1CCC(C(C)(C)C)CC1. The third-order valence-corrected chi connectivity index (χ3v) is 6.78. The van der Waals surface area contributed by atoms with E-state index in [0.717, 1.165) is 25.0 Å². The van der Waals surface area contributed by atoms with E-state index in [1.807, 2.05) is 0 Å². The van der Waals surface area contributed by atoms with Gasteiger partial charge in [-0.1, -0.05) is 48.5 Å². The van der Waals surface area contributed by atoms with Crippen LogP contribution in [0, 0.1) is 22.7 Å². The van der Waals surface area contributed by atoms with E-state index in [-0.39, 0.29) is 0 Å². The third kappa shape index (κ3) is 9.76. The van der Waals surface area contributed by atoms with Crippen molar-refractivity contribution in [3.8, 4) is 0 Å². The van der Waals surface area contributed by atoms with Crippen molar-refractivity contribution >= 4 is 0 Å². The summed E-state index contributed by atoms with van der Waals surface area (Å²) in [5.41, 5.74) is 1.02. The van der Waals surface area contributed by atoms with E-state index in [1.54, 1.807) is 7.11 Å². The molecule has 2 saturated heterocycles. The highest BCUT2D eigenvalue weighted by Gasteiger charge is 2.29. The van der Waals surface area contributed by atoms with E-state index in [4.69, 9.17) is 4.74 Å². The Balaban J connectivity index is 0.000000271. The number of piperidine rings is 2. The number of ether oxygens (including phenoxy) is 1. The second-order valence-electron chi connectivity index (χ2n) is 11.0. The van der Waals surface area contributed by atoms with Crippen LogP contribution in [0.5, 0.6) is 0 Å². The zero-order valence-electron chi connectivity index (χ0n) is 19.9. The lowest BCUT2D eigenvalue weighted by molar-refractivity contribution is 0.0863. The summed E-state index contributed by atoms with van der Waals surface area (Å²) in [5, 5.41) is 0. The summed E-state index contributed by atoms with van der Waals surface area (Å²) in [4.78, 5) is 5.13. The van der Waals surface area contributed by atoms with Crippen molar-refractivity contribution in [3.05, 3.63) is 0 Å². The van der Waals surface area contributed by atoms with Gasteiger partial charge in [-0.05, 0) is 87.5 Å².